The number of nitrogens with zero attached hydrogens (tertiary/aromatic N) is 1. The minimum atomic E-state index is -0.178. The molecule has 1 aliphatic rings. The Morgan fingerprint density at radius 1 is 1.67 bits per heavy atom. The molecule has 1 aliphatic heterocycles. The van der Waals surface area contributed by atoms with Crippen molar-refractivity contribution in [3.8, 4) is 6.07 Å². The van der Waals surface area contributed by atoms with Gasteiger partial charge in [0.25, 0.3) is 0 Å². The Hall–Kier alpha value is -0.630. The molecule has 2 atom stereocenters. The fourth-order valence-corrected chi connectivity index (χ4v) is 1.76. The molecule has 1 N–H and O–H groups in total. The van der Waals surface area contributed by atoms with Crippen molar-refractivity contribution in [1.29, 1.82) is 5.26 Å². The minimum Gasteiger partial charge on any atom is -0.378 e. The van der Waals surface area contributed by atoms with E-state index in [1.165, 1.54) is 0 Å². The Kier molecular flexibility index (Phi) is 5.03. The van der Waals surface area contributed by atoms with E-state index in [2.05, 4.69) is 18.3 Å². The monoisotopic (exact) mass is 212 g/mol. The fraction of sp³-hybridized carbons (Fsp3) is 0.909. The van der Waals surface area contributed by atoms with Gasteiger partial charge in [-0.15, -0.1) is 0 Å². The molecule has 0 spiro atoms. The topological polar surface area (TPSA) is 54.3 Å². The Balaban J connectivity index is 2.36. The summed E-state index contributed by atoms with van der Waals surface area (Å²) in [7, 11) is 1.72. The molecule has 4 heteroatoms. The van der Waals surface area contributed by atoms with Gasteiger partial charge in [0, 0.05) is 32.7 Å². The second-order valence-corrected chi connectivity index (χ2v) is 4.04. The first kappa shape index (κ1) is 12.4. The fourth-order valence-electron chi connectivity index (χ4n) is 1.76. The molecular weight excluding hydrogens is 192 g/mol. The highest BCUT2D eigenvalue weighted by atomic mass is 16.5. The largest absolute Gasteiger partial charge is 0.378 e. The molecule has 15 heavy (non-hydrogen) atoms. The number of ether oxygens (including phenoxy) is 2. The van der Waals surface area contributed by atoms with Gasteiger partial charge in [0.05, 0.1) is 19.1 Å². The summed E-state index contributed by atoms with van der Waals surface area (Å²) in [6.45, 7) is 4.27. The molecule has 1 fully saturated rings. The van der Waals surface area contributed by atoms with Crippen molar-refractivity contribution in [3.05, 3.63) is 0 Å². The summed E-state index contributed by atoms with van der Waals surface area (Å²) >= 11 is 0. The SMILES string of the molecule is CCC(CC#N)NCC1(OC)CCOC1. The van der Waals surface area contributed by atoms with Crippen molar-refractivity contribution in [2.75, 3.05) is 26.9 Å². The zero-order valence-corrected chi connectivity index (χ0v) is 9.58. The van der Waals surface area contributed by atoms with Gasteiger partial charge in [-0.05, 0) is 6.42 Å². The van der Waals surface area contributed by atoms with Crippen molar-refractivity contribution >= 4 is 0 Å². The lowest BCUT2D eigenvalue weighted by molar-refractivity contribution is -0.0174. The van der Waals surface area contributed by atoms with Crippen LogP contribution >= 0.6 is 0 Å². The highest BCUT2D eigenvalue weighted by molar-refractivity contribution is 4.89. The van der Waals surface area contributed by atoms with Crippen LogP contribution in [0.25, 0.3) is 0 Å². The third-order valence-corrected chi connectivity index (χ3v) is 3.04. The van der Waals surface area contributed by atoms with Crippen molar-refractivity contribution in [3.63, 3.8) is 0 Å². The molecule has 0 aromatic rings. The number of rotatable bonds is 6. The molecule has 1 heterocycles. The lowest BCUT2D eigenvalue weighted by Gasteiger charge is -2.28. The number of hydrogen-bond acceptors (Lipinski definition) is 4. The van der Waals surface area contributed by atoms with E-state index in [9.17, 15) is 0 Å². The summed E-state index contributed by atoms with van der Waals surface area (Å²) in [5.41, 5.74) is -0.178. The van der Waals surface area contributed by atoms with Gasteiger partial charge >= 0.3 is 0 Å². The molecule has 0 aliphatic carbocycles. The number of nitrogens with one attached hydrogen (secondary N) is 1. The normalized spacial score (nSPS) is 27.5. The smallest absolute Gasteiger partial charge is 0.106 e. The maximum Gasteiger partial charge on any atom is 0.106 e. The Morgan fingerprint density at radius 2 is 2.47 bits per heavy atom. The van der Waals surface area contributed by atoms with Crippen LogP contribution in [0.4, 0.5) is 0 Å². The predicted octanol–water partition coefficient (Wildman–Crippen LogP) is 1.07. The van der Waals surface area contributed by atoms with Crippen LogP contribution in [-0.4, -0.2) is 38.5 Å². The average Bonchev–Trinajstić information content (AvgIpc) is 2.73. The molecule has 1 saturated heterocycles. The summed E-state index contributed by atoms with van der Waals surface area (Å²) in [4.78, 5) is 0. The van der Waals surface area contributed by atoms with Gasteiger partial charge in [-0.3, -0.25) is 0 Å². The van der Waals surface area contributed by atoms with Crippen molar-refractivity contribution in [1.82, 2.24) is 5.32 Å². The Bertz CT molecular complexity index is 219. The molecule has 86 valence electrons. The van der Waals surface area contributed by atoms with E-state index in [0.29, 0.717) is 13.0 Å². The molecular formula is C11H20N2O2. The van der Waals surface area contributed by atoms with E-state index in [1.54, 1.807) is 7.11 Å². The first-order chi connectivity index (χ1) is 7.26. The van der Waals surface area contributed by atoms with E-state index in [0.717, 1.165) is 26.0 Å². The van der Waals surface area contributed by atoms with Gasteiger partial charge in [0.15, 0.2) is 0 Å². The van der Waals surface area contributed by atoms with Crippen LogP contribution in [0.2, 0.25) is 0 Å². The summed E-state index contributed by atoms with van der Waals surface area (Å²) in [6, 6.07) is 2.46. The number of nitriles is 1. The third-order valence-electron chi connectivity index (χ3n) is 3.04. The number of hydrogen-bond donors (Lipinski definition) is 1. The zero-order chi connectivity index (χ0) is 11.1. The molecule has 0 radical (unpaired) electrons. The van der Waals surface area contributed by atoms with E-state index in [4.69, 9.17) is 14.7 Å². The quantitative estimate of drug-likeness (QED) is 0.715. The van der Waals surface area contributed by atoms with Crippen LogP contribution in [0, 0.1) is 11.3 Å². The first-order valence-corrected chi connectivity index (χ1v) is 5.49. The van der Waals surface area contributed by atoms with Gasteiger partial charge < -0.3 is 14.8 Å². The molecule has 0 bridgehead atoms. The average molecular weight is 212 g/mol. The van der Waals surface area contributed by atoms with E-state index < -0.39 is 0 Å². The molecule has 4 nitrogen and oxygen atoms in total. The molecule has 0 aromatic carbocycles. The van der Waals surface area contributed by atoms with Crippen molar-refractivity contribution in [2.45, 2.75) is 37.8 Å². The summed E-state index contributed by atoms with van der Waals surface area (Å²) in [5, 5.41) is 12.0. The van der Waals surface area contributed by atoms with Crippen molar-refractivity contribution < 1.29 is 9.47 Å². The maximum atomic E-state index is 8.64. The molecule has 0 saturated carbocycles. The van der Waals surface area contributed by atoms with Crippen LogP contribution in [0.15, 0.2) is 0 Å². The highest BCUT2D eigenvalue weighted by Gasteiger charge is 2.34. The first-order valence-electron chi connectivity index (χ1n) is 5.49. The molecule has 0 amide bonds. The van der Waals surface area contributed by atoms with Gasteiger partial charge in [-0.25, -0.2) is 0 Å². The summed E-state index contributed by atoms with van der Waals surface area (Å²) < 4.78 is 10.8. The lowest BCUT2D eigenvalue weighted by Crippen LogP contribution is -2.46. The molecule has 0 aromatic heterocycles. The Labute approximate surface area is 91.6 Å². The Morgan fingerprint density at radius 3 is 2.93 bits per heavy atom. The van der Waals surface area contributed by atoms with Gasteiger partial charge in [0.1, 0.15) is 5.60 Å². The van der Waals surface area contributed by atoms with Gasteiger partial charge in [0.2, 0.25) is 0 Å². The second-order valence-electron chi connectivity index (χ2n) is 4.04. The maximum absolute atomic E-state index is 8.64. The zero-order valence-electron chi connectivity index (χ0n) is 9.58. The second kappa shape index (κ2) is 6.06. The minimum absolute atomic E-state index is 0.178. The van der Waals surface area contributed by atoms with Crippen LogP contribution in [-0.2, 0) is 9.47 Å². The van der Waals surface area contributed by atoms with E-state index >= 15 is 0 Å². The van der Waals surface area contributed by atoms with Crippen LogP contribution in [0.5, 0.6) is 0 Å². The number of methoxy groups -OCH3 is 1. The van der Waals surface area contributed by atoms with Gasteiger partial charge in [-0.2, -0.15) is 5.26 Å². The van der Waals surface area contributed by atoms with E-state index in [-0.39, 0.29) is 11.6 Å². The lowest BCUT2D eigenvalue weighted by atomic mass is 10.0. The molecule has 2 unspecified atom stereocenters. The predicted molar refractivity (Wildman–Crippen MR) is 57.5 cm³/mol. The highest BCUT2D eigenvalue weighted by Crippen LogP contribution is 2.21. The third kappa shape index (κ3) is 3.45. The van der Waals surface area contributed by atoms with Crippen LogP contribution < -0.4 is 5.32 Å². The standard InChI is InChI=1S/C11H20N2O2/c1-3-10(4-6-12)13-8-11(14-2)5-7-15-9-11/h10,13H,3-5,7-9H2,1-2H3. The molecule has 1 rings (SSSR count). The van der Waals surface area contributed by atoms with Crippen LogP contribution in [0.1, 0.15) is 26.2 Å². The van der Waals surface area contributed by atoms with Crippen LogP contribution in [0.3, 0.4) is 0 Å². The summed E-state index contributed by atoms with van der Waals surface area (Å²) in [6.07, 6.45) is 2.45. The van der Waals surface area contributed by atoms with Crippen molar-refractivity contribution in [2.24, 2.45) is 0 Å². The van der Waals surface area contributed by atoms with E-state index in [1.807, 2.05) is 0 Å². The van der Waals surface area contributed by atoms with Gasteiger partial charge in [-0.1, -0.05) is 6.92 Å². The summed E-state index contributed by atoms with van der Waals surface area (Å²) in [5.74, 6) is 0.